The van der Waals surface area contributed by atoms with Crippen LogP contribution >= 0.6 is 0 Å². The van der Waals surface area contributed by atoms with Crippen molar-refractivity contribution in [3.63, 3.8) is 0 Å². The molecule has 0 aliphatic heterocycles. The molecule has 1 unspecified atom stereocenters. The van der Waals surface area contributed by atoms with Gasteiger partial charge in [-0.3, -0.25) is 0 Å². The number of hydrogen-bond acceptors (Lipinski definition) is 2. The summed E-state index contributed by atoms with van der Waals surface area (Å²) in [6, 6.07) is 7.95. The van der Waals surface area contributed by atoms with Crippen molar-refractivity contribution in [3.8, 4) is 0 Å². The SMILES string of the molecule is C=CC(N)n1ncc2ccccc21. The molecule has 0 amide bonds. The van der Waals surface area contributed by atoms with Crippen LogP contribution in [0, 0.1) is 0 Å². The van der Waals surface area contributed by atoms with E-state index in [0.717, 1.165) is 10.9 Å². The molecule has 3 nitrogen and oxygen atoms in total. The van der Waals surface area contributed by atoms with Gasteiger partial charge in [-0.05, 0) is 6.07 Å². The summed E-state index contributed by atoms with van der Waals surface area (Å²) in [6.07, 6.45) is 3.22. The van der Waals surface area contributed by atoms with Crippen molar-refractivity contribution in [2.75, 3.05) is 0 Å². The Labute approximate surface area is 76.5 Å². The van der Waals surface area contributed by atoms with Crippen LogP contribution in [0.5, 0.6) is 0 Å². The van der Waals surface area contributed by atoms with E-state index in [4.69, 9.17) is 5.73 Å². The minimum Gasteiger partial charge on any atom is -0.306 e. The Morgan fingerprint density at radius 2 is 2.23 bits per heavy atom. The molecule has 3 heteroatoms. The number of hydrogen-bond donors (Lipinski definition) is 1. The van der Waals surface area contributed by atoms with Crippen molar-refractivity contribution in [1.82, 2.24) is 9.78 Å². The number of rotatable bonds is 2. The number of para-hydroxylation sites is 1. The van der Waals surface area contributed by atoms with Gasteiger partial charge in [0.05, 0.1) is 11.7 Å². The number of aromatic nitrogens is 2. The Kier molecular flexibility index (Phi) is 1.87. The topological polar surface area (TPSA) is 43.8 Å². The summed E-state index contributed by atoms with van der Waals surface area (Å²) in [4.78, 5) is 0. The second-order valence-corrected chi connectivity index (χ2v) is 2.87. The molecule has 66 valence electrons. The molecular formula is C10H11N3. The molecule has 1 heterocycles. The lowest BCUT2D eigenvalue weighted by Gasteiger charge is -2.07. The first-order valence-electron chi connectivity index (χ1n) is 4.13. The zero-order chi connectivity index (χ0) is 9.26. The predicted molar refractivity (Wildman–Crippen MR) is 53.2 cm³/mol. The van der Waals surface area contributed by atoms with Crippen molar-refractivity contribution in [2.45, 2.75) is 6.17 Å². The summed E-state index contributed by atoms with van der Waals surface area (Å²) >= 11 is 0. The molecule has 13 heavy (non-hydrogen) atoms. The van der Waals surface area contributed by atoms with Gasteiger partial charge in [-0.25, -0.2) is 4.68 Å². The molecule has 1 atom stereocenters. The fourth-order valence-corrected chi connectivity index (χ4v) is 1.33. The quantitative estimate of drug-likeness (QED) is 0.702. The molecule has 0 radical (unpaired) electrons. The Bertz CT molecular complexity index is 430. The number of fused-ring (bicyclic) bond motifs is 1. The van der Waals surface area contributed by atoms with Gasteiger partial charge in [0.25, 0.3) is 0 Å². The van der Waals surface area contributed by atoms with Gasteiger partial charge < -0.3 is 5.73 Å². The van der Waals surface area contributed by atoms with E-state index in [0.29, 0.717) is 0 Å². The third kappa shape index (κ3) is 1.23. The Morgan fingerprint density at radius 3 is 3.00 bits per heavy atom. The molecule has 0 spiro atoms. The van der Waals surface area contributed by atoms with Crippen molar-refractivity contribution in [3.05, 3.63) is 43.1 Å². The summed E-state index contributed by atoms with van der Waals surface area (Å²) in [5.41, 5.74) is 6.82. The lowest BCUT2D eigenvalue weighted by Crippen LogP contribution is -2.16. The van der Waals surface area contributed by atoms with Crippen LogP contribution in [0.25, 0.3) is 10.9 Å². The number of benzene rings is 1. The highest BCUT2D eigenvalue weighted by molar-refractivity contribution is 5.78. The van der Waals surface area contributed by atoms with E-state index >= 15 is 0 Å². The first kappa shape index (κ1) is 8.01. The van der Waals surface area contributed by atoms with Crippen LogP contribution in [0.3, 0.4) is 0 Å². The molecule has 1 aromatic heterocycles. The largest absolute Gasteiger partial charge is 0.306 e. The van der Waals surface area contributed by atoms with Crippen LogP contribution in [0.15, 0.2) is 43.1 Å². The lowest BCUT2D eigenvalue weighted by molar-refractivity contribution is 0.578. The van der Waals surface area contributed by atoms with E-state index in [9.17, 15) is 0 Å². The van der Waals surface area contributed by atoms with E-state index < -0.39 is 0 Å². The molecule has 1 aromatic carbocycles. The highest BCUT2D eigenvalue weighted by Crippen LogP contribution is 2.15. The van der Waals surface area contributed by atoms with E-state index in [1.165, 1.54) is 0 Å². The van der Waals surface area contributed by atoms with Gasteiger partial charge in [0, 0.05) is 5.39 Å². The molecule has 0 saturated heterocycles. The van der Waals surface area contributed by atoms with Gasteiger partial charge in [-0.2, -0.15) is 5.10 Å². The highest BCUT2D eigenvalue weighted by atomic mass is 15.3. The fraction of sp³-hybridized carbons (Fsp3) is 0.100. The van der Waals surface area contributed by atoms with Crippen LogP contribution in [-0.4, -0.2) is 9.78 Å². The Balaban J connectivity index is 2.64. The van der Waals surface area contributed by atoms with Gasteiger partial charge in [0.1, 0.15) is 6.17 Å². The maximum absolute atomic E-state index is 5.79. The summed E-state index contributed by atoms with van der Waals surface area (Å²) in [7, 11) is 0. The highest BCUT2D eigenvalue weighted by Gasteiger charge is 2.04. The smallest absolute Gasteiger partial charge is 0.118 e. The first-order valence-corrected chi connectivity index (χ1v) is 4.13. The molecule has 2 rings (SSSR count). The molecule has 0 aliphatic rings. The van der Waals surface area contributed by atoms with Gasteiger partial charge in [0.15, 0.2) is 0 Å². The second-order valence-electron chi connectivity index (χ2n) is 2.87. The number of nitrogens with two attached hydrogens (primary N) is 1. The minimum atomic E-state index is -0.250. The van der Waals surface area contributed by atoms with E-state index in [-0.39, 0.29) is 6.17 Å². The van der Waals surface area contributed by atoms with E-state index in [1.807, 2.05) is 24.3 Å². The molecule has 0 bridgehead atoms. The summed E-state index contributed by atoms with van der Waals surface area (Å²) in [5.74, 6) is 0. The van der Waals surface area contributed by atoms with Crippen molar-refractivity contribution in [1.29, 1.82) is 0 Å². The van der Waals surface area contributed by atoms with Crippen LogP contribution in [0.2, 0.25) is 0 Å². The van der Waals surface area contributed by atoms with Gasteiger partial charge in [-0.1, -0.05) is 30.9 Å². The summed E-state index contributed by atoms with van der Waals surface area (Å²) < 4.78 is 1.75. The molecule has 2 aromatic rings. The Morgan fingerprint density at radius 1 is 1.46 bits per heavy atom. The van der Waals surface area contributed by atoms with Crippen LogP contribution in [0.4, 0.5) is 0 Å². The average molecular weight is 173 g/mol. The average Bonchev–Trinajstić information content (AvgIpc) is 2.60. The van der Waals surface area contributed by atoms with Crippen molar-refractivity contribution >= 4 is 10.9 Å². The normalized spacial score (nSPS) is 13.0. The van der Waals surface area contributed by atoms with Crippen LogP contribution < -0.4 is 5.73 Å². The first-order chi connectivity index (χ1) is 6.33. The maximum Gasteiger partial charge on any atom is 0.118 e. The van der Waals surface area contributed by atoms with Crippen LogP contribution in [-0.2, 0) is 0 Å². The second kappa shape index (κ2) is 3.03. The summed E-state index contributed by atoms with van der Waals surface area (Å²) in [5, 5.41) is 5.28. The van der Waals surface area contributed by atoms with Gasteiger partial charge >= 0.3 is 0 Å². The summed E-state index contributed by atoms with van der Waals surface area (Å²) in [6.45, 7) is 3.64. The molecular weight excluding hydrogens is 162 g/mol. The zero-order valence-electron chi connectivity index (χ0n) is 7.22. The molecule has 0 saturated carbocycles. The zero-order valence-corrected chi connectivity index (χ0v) is 7.22. The van der Waals surface area contributed by atoms with Crippen molar-refractivity contribution in [2.24, 2.45) is 5.73 Å². The standard InChI is InChI=1S/C10H11N3/c1-2-10(11)13-9-6-4-3-5-8(9)7-12-13/h2-7,10H,1,11H2. The van der Waals surface area contributed by atoms with Crippen LogP contribution in [0.1, 0.15) is 6.17 Å². The third-order valence-corrected chi connectivity index (χ3v) is 2.03. The number of nitrogens with zero attached hydrogens (tertiary/aromatic N) is 2. The van der Waals surface area contributed by atoms with Gasteiger partial charge in [0.2, 0.25) is 0 Å². The molecule has 0 fully saturated rings. The van der Waals surface area contributed by atoms with E-state index in [2.05, 4.69) is 11.7 Å². The van der Waals surface area contributed by atoms with Crippen molar-refractivity contribution < 1.29 is 0 Å². The Hall–Kier alpha value is -1.61. The third-order valence-electron chi connectivity index (χ3n) is 2.03. The van der Waals surface area contributed by atoms with Gasteiger partial charge in [-0.15, -0.1) is 0 Å². The predicted octanol–water partition coefficient (Wildman–Crippen LogP) is 1.68. The maximum atomic E-state index is 5.79. The monoisotopic (exact) mass is 173 g/mol. The molecule has 2 N–H and O–H groups in total. The minimum absolute atomic E-state index is 0.250. The fourth-order valence-electron chi connectivity index (χ4n) is 1.33. The lowest BCUT2D eigenvalue weighted by atomic mass is 10.2. The van der Waals surface area contributed by atoms with E-state index in [1.54, 1.807) is 17.0 Å². The molecule has 0 aliphatic carbocycles.